The van der Waals surface area contributed by atoms with Gasteiger partial charge >= 0.3 is 5.97 Å². The second-order valence-electron chi connectivity index (χ2n) is 11.7. The Hall–Kier alpha value is -3.46. The summed E-state index contributed by atoms with van der Waals surface area (Å²) in [5, 5.41) is 21.3. The molecular weight excluding hydrogens is 504 g/mol. The number of nitrogens with one attached hydrogen (secondary N) is 2. The highest BCUT2D eigenvalue weighted by atomic mass is 16.4. The van der Waals surface area contributed by atoms with Gasteiger partial charge in [0.1, 0.15) is 11.9 Å². The summed E-state index contributed by atoms with van der Waals surface area (Å²) in [7, 11) is 0. The van der Waals surface area contributed by atoms with Crippen LogP contribution in [-0.2, 0) is 24.2 Å². The van der Waals surface area contributed by atoms with Crippen molar-refractivity contribution in [3.05, 3.63) is 53.3 Å². The number of carboxylic acid groups (broad SMARTS) is 1. The molecule has 3 aromatic rings. The van der Waals surface area contributed by atoms with Crippen molar-refractivity contribution in [2.75, 3.05) is 25.0 Å². The monoisotopic (exact) mass is 546 g/mol. The summed E-state index contributed by atoms with van der Waals surface area (Å²) in [6.07, 6.45) is 9.68. The topological polar surface area (TPSA) is 112 Å². The van der Waals surface area contributed by atoms with E-state index >= 15 is 0 Å². The summed E-state index contributed by atoms with van der Waals surface area (Å²) >= 11 is 0. The van der Waals surface area contributed by atoms with E-state index in [1.54, 1.807) is 12.3 Å². The molecule has 0 unspecified atom stereocenters. The first-order valence-corrected chi connectivity index (χ1v) is 14.8. The fourth-order valence-electron chi connectivity index (χ4n) is 5.63. The van der Waals surface area contributed by atoms with Crippen molar-refractivity contribution >= 4 is 28.6 Å². The van der Waals surface area contributed by atoms with Crippen molar-refractivity contribution in [2.45, 2.75) is 83.8 Å². The van der Waals surface area contributed by atoms with E-state index < -0.39 is 12.0 Å². The van der Waals surface area contributed by atoms with Crippen LogP contribution in [0.4, 0.5) is 5.82 Å². The summed E-state index contributed by atoms with van der Waals surface area (Å²) in [6, 6.07) is 9.46. The Bertz CT molecular complexity index is 1330. The molecule has 5 rings (SSSR count). The summed E-state index contributed by atoms with van der Waals surface area (Å²) in [6.45, 7) is 7.58. The molecule has 1 fully saturated rings. The predicted molar refractivity (Wildman–Crippen MR) is 157 cm³/mol. The van der Waals surface area contributed by atoms with E-state index in [-0.39, 0.29) is 5.91 Å². The molecule has 0 radical (unpaired) electrons. The lowest BCUT2D eigenvalue weighted by Crippen LogP contribution is -2.43. The van der Waals surface area contributed by atoms with Gasteiger partial charge in [-0.25, -0.2) is 9.78 Å². The number of carboxylic acids is 1. The van der Waals surface area contributed by atoms with Crippen molar-refractivity contribution in [2.24, 2.45) is 5.92 Å². The van der Waals surface area contributed by atoms with Gasteiger partial charge in [-0.3, -0.25) is 9.48 Å². The van der Waals surface area contributed by atoms with Crippen molar-refractivity contribution in [1.29, 1.82) is 0 Å². The maximum atomic E-state index is 13.2. The molecule has 1 amide bonds. The highest BCUT2D eigenvalue weighted by Gasteiger charge is 2.30. The van der Waals surface area contributed by atoms with E-state index in [2.05, 4.69) is 46.6 Å². The number of pyridine rings is 1. The Morgan fingerprint density at radius 1 is 1.18 bits per heavy atom. The number of hydrogen-bond donors (Lipinski definition) is 3. The number of hydrogen-bond acceptors (Lipinski definition) is 6. The molecule has 9 nitrogen and oxygen atoms in total. The number of rotatable bonds is 14. The molecule has 2 aliphatic rings. The number of unbranched alkanes of at least 4 members (excludes halogenated alkanes) is 1. The molecule has 1 saturated carbocycles. The number of carbonyl (C=O) groups excluding carboxylic acids is 1. The van der Waals surface area contributed by atoms with E-state index in [0.29, 0.717) is 30.5 Å². The number of anilines is 1. The summed E-state index contributed by atoms with van der Waals surface area (Å²) in [5.41, 5.74) is 3.79. The van der Waals surface area contributed by atoms with Gasteiger partial charge in [0.05, 0.1) is 17.3 Å². The van der Waals surface area contributed by atoms with Crippen LogP contribution in [0.25, 0.3) is 10.9 Å². The predicted octanol–water partition coefficient (Wildman–Crippen LogP) is 4.51. The first-order valence-electron chi connectivity index (χ1n) is 14.8. The smallest absolute Gasteiger partial charge is 0.326 e. The lowest BCUT2D eigenvalue weighted by Gasteiger charge is -2.24. The number of carbonyl (C=O) groups is 2. The molecule has 1 atom stereocenters. The van der Waals surface area contributed by atoms with Crippen molar-refractivity contribution in [1.82, 2.24) is 25.0 Å². The van der Waals surface area contributed by atoms with Crippen LogP contribution < -0.4 is 10.6 Å². The third-order valence-electron chi connectivity index (χ3n) is 7.92. The lowest BCUT2D eigenvalue weighted by atomic mass is 10.1. The maximum absolute atomic E-state index is 13.2. The van der Waals surface area contributed by atoms with Gasteiger partial charge in [0.2, 0.25) is 0 Å². The van der Waals surface area contributed by atoms with Crippen molar-refractivity contribution in [3.8, 4) is 0 Å². The quantitative estimate of drug-likeness (QED) is 0.255. The standard InChI is InChI=1S/C31H42N6O3/c1-21(2)20-37-28-10-5-9-25(26(28)19-33-37)30(38)35-27(31(39)40)15-18-36(24-13-14-24)17-4-3-8-23-12-11-22-7-6-16-32-29(22)34-23/h5,9-12,19,21,24,27H,3-4,6-8,13-18,20H2,1-2H3,(H,32,34)(H,35,38)(H,39,40)/t27-/m0/s1. The molecule has 0 saturated heterocycles. The SMILES string of the molecule is CC(C)Cn1ncc2c(C(=O)N[C@@H](CCN(CCCCc3ccc4c(n3)NCCC4)C3CC3)C(=O)O)cccc21. The molecule has 0 bridgehead atoms. The molecule has 9 heteroatoms. The van der Waals surface area contributed by atoms with E-state index in [1.165, 1.54) is 5.56 Å². The van der Waals surface area contributed by atoms with Crippen molar-refractivity contribution in [3.63, 3.8) is 0 Å². The Morgan fingerprint density at radius 3 is 2.80 bits per heavy atom. The second-order valence-corrected chi connectivity index (χ2v) is 11.7. The van der Waals surface area contributed by atoms with Crippen LogP contribution in [0, 0.1) is 5.92 Å². The van der Waals surface area contributed by atoms with Gasteiger partial charge < -0.3 is 20.6 Å². The first kappa shape index (κ1) is 28.1. The van der Waals surface area contributed by atoms with Gasteiger partial charge in [-0.15, -0.1) is 0 Å². The molecular formula is C31H42N6O3. The van der Waals surface area contributed by atoms with Gasteiger partial charge in [-0.1, -0.05) is 26.0 Å². The maximum Gasteiger partial charge on any atom is 0.326 e. The molecule has 3 N–H and O–H groups in total. The number of benzene rings is 1. The normalized spacial score (nSPS) is 15.7. The largest absolute Gasteiger partial charge is 0.480 e. The van der Waals surface area contributed by atoms with Gasteiger partial charge in [0.25, 0.3) is 5.91 Å². The zero-order chi connectivity index (χ0) is 28.1. The molecule has 3 heterocycles. The Kier molecular flexibility index (Phi) is 8.99. The molecule has 0 spiro atoms. The third-order valence-corrected chi connectivity index (χ3v) is 7.92. The zero-order valence-corrected chi connectivity index (χ0v) is 23.7. The minimum absolute atomic E-state index is 0.368. The van der Waals surface area contributed by atoms with E-state index in [1.807, 2.05) is 16.8 Å². The molecule has 40 heavy (non-hydrogen) atoms. The number of nitrogens with zero attached hydrogens (tertiary/aromatic N) is 4. The average Bonchev–Trinajstić information content (AvgIpc) is 3.71. The van der Waals surface area contributed by atoms with Crippen LogP contribution in [0.5, 0.6) is 0 Å². The Labute approximate surface area is 236 Å². The number of aromatic nitrogens is 3. The van der Waals surface area contributed by atoms with E-state index in [0.717, 1.165) is 87.0 Å². The van der Waals surface area contributed by atoms with Crippen LogP contribution in [-0.4, -0.2) is 68.4 Å². The second kappa shape index (κ2) is 12.8. The Morgan fingerprint density at radius 2 is 2.02 bits per heavy atom. The number of aliphatic carboxylic acids is 1. The molecule has 2 aromatic heterocycles. The summed E-state index contributed by atoms with van der Waals surface area (Å²) in [4.78, 5) is 32.5. The fourth-order valence-corrected chi connectivity index (χ4v) is 5.63. The number of amides is 1. The van der Waals surface area contributed by atoms with E-state index in [4.69, 9.17) is 4.98 Å². The van der Waals surface area contributed by atoms with Gasteiger partial charge in [0.15, 0.2) is 0 Å². The minimum atomic E-state index is -1.00. The van der Waals surface area contributed by atoms with Gasteiger partial charge in [-0.2, -0.15) is 5.10 Å². The zero-order valence-electron chi connectivity index (χ0n) is 23.7. The number of aryl methyl sites for hydroxylation is 2. The van der Waals surface area contributed by atoms with Gasteiger partial charge in [0, 0.05) is 36.8 Å². The first-order chi connectivity index (χ1) is 19.4. The van der Waals surface area contributed by atoms with Crippen LogP contribution in [0.2, 0.25) is 0 Å². The average molecular weight is 547 g/mol. The highest BCUT2D eigenvalue weighted by molar-refractivity contribution is 6.07. The molecule has 214 valence electrons. The molecule has 1 aliphatic heterocycles. The van der Waals surface area contributed by atoms with Crippen LogP contribution in [0.3, 0.4) is 0 Å². The lowest BCUT2D eigenvalue weighted by molar-refractivity contribution is -0.139. The minimum Gasteiger partial charge on any atom is -0.480 e. The Balaban J connectivity index is 1.14. The summed E-state index contributed by atoms with van der Waals surface area (Å²) in [5.74, 6) is 0.0978. The fraction of sp³-hybridized carbons (Fsp3) is 0.548. The van der Waals surface area contributed by atoms with Gasteiger partial charge in [-0.05, 0) is 87.6 Å². The van der Waals surface area contributed by atoms with E-state index in [9.17, 15) is 14.7 Å². The highest BCUT2D eigenvalue weighted by Crippen LogP contribution is 2.28. The summed E-state index contributed by atoms with van der Waals surface area (Å²) < 4.78 is 1.90. The van der Waals surface area contributed by atoms with Crippen LogP contribution in [0.15, 0.2) is 36.5 Å². The molecule has 1 aromatic carbocycles. The van der Waals surface area contributed by atoms with Crippen LogP contribution >= 0.6 is 0 Å². The van der Waals surface area contributed by atoms with Crippen molar-refractivity contribution < 1.29 is 14.7 Å². The third kappa shape index (κ3) is 6.99. The number of fused-ring (bicyclic) bond motifs is 2. The molecule has 1 aliphatic carbocycles. The van der Waals surface area contributed by atoms with Crippen LogP contribution in [0.1, 0.15) is 74.0 Å².